The molecule has 4 aromatic rings. The number of fused-ring (bicyclic) bond motifs is 1. The molecule has 2 N–H and O–H groups in total. The van der Waals surface area contributed by atoms with E-state index in [1.54, 1.807) is 7.11 Å². The van der Waals surface area contributed by atoms with Crippen molar-refractivity contribution in [3.8, 4) is 5.75 Å². The average molecular weight is 481 g/mol. The number of methoxy groups -OCH3 is 1. The number of H-pyrrole nitrogens is 1. The molecular weight excluding hydrogens is 448 g/mol. The van der Waals surface area contributed by atoms with Crippen molar-refractivity contribution in [1.82, 2.24) is 15.1 Å². The van der Waals surface area contributed by atoms with E-state index < -0.39 is 0 Å². The lowest BCUT2D eigenvalue weighted by atomic mass is 10.1. The Bertz CT molecular complexity index is 1420. The number of anilines is 1. The molecule has 1 amide bonds. The predicted molar refractivity (Wildman–Crippen MR) is 146 cm³/mol. The monoisotopic (exact) mass is 480 g/mol. The third-order valence-electron chi connectivity index (χ3n) is 6.78. The van der Waals surface area contributed by atoms with Crippen LogP contribution in [0.2, 0.25) is 0 Å². The summed E-state index contributed by atoms with van der Waals surface area (Å²) in [6.07, 6.45) is 4.99. The first-order valence-corrected chi connectivity index (χ1v) is 12.3. The first-order valence-electron chi connectivity index (χ1n) is 12.3. The number of nitrogens with zero attached hydrogens (tertiary/aromatic N) is 2. The molecule has 6 nitrogen and oxygen atoms in total. The Kier molecular flexibility index (Phi) is 6.61. The average Bonchev–Trinajstić information content (AvgIpc) is 3.58. The number of aromatic nitrogens is 2. The number of carbonyl (C=O) groups is 1. The largest absolute Gasteiger partial charge is 0.497 e. The van der Waals surface area contributed by atoms with Gasteiger partial charge in [-0.2, -0.15) is 5.10 Å². The molecule has 0 bridgehead atoms. The number of ether oxygens (including phenoxy) is 1. The fraction of sp³-hybridized carbons (Fsp3) is 0.267. The van der Waals surface area contributed by atoms with Crippen molar-refractivity contribution in [2.24, 2.45) is 5.92 Å². The molecule has 0 unspecified atom stereocenters. The van der Waals surface area contributed by atoms with Crippen LogP contribution in [0.15, 0.2) is 60.7 Å². The topological polar surface area (TPSA) is 70.2 Å². The molecule has 1 saturated carbocycles. The molecule has 3 aromatic carbocycles. The Hall–Kier alpha value is -3.90. The van der Waals surface area contributed by atoms with E-state index >= 15 is 0 Å². The summed E-state index contributed by atoms with van der Waals surface area (Å²) in [6, 6.07) is 20.6. The van der Waals surface area contributed by atoms with Crippen LogP contribution < -0.4 is 10.1 Å². The summed E-state index contributed by atoms with van der Waals surface area (Å²) in [6.45, 7) is 2.90. The number of hydrogen-bond donors (Lipinski definition) is 2. The number of benzene rings is 3. The van der Waals surface area contributed by atoms with Crippen LogP contribution in [0.5, 0.6) is 5.75 Å². The van der Waals surface area contributed by atoms with Gasteiger partial charge in [0.05, 0.1) is 18.3 Å². The van der Waals surface area contributed by atoms with Gasteiger partial charge in [-0.3, -0.25) is 9.89 Å². The molecule has 1 aromatic heterocycles. The van der Waals surface area contributed by atoms with Crippen molar-refractivity contribution < 1.29 is 9.53 Å². The van der Waals surface area contributed by atoms with Gasteiger partial charge >= 0.3 is 0 Å². The minimum atomic E-state index is -0.0123. The van der Waals surface area contributed by atoms with Crippen LogP contribution in [0.3, 0.4) is 0 Å². The van der Waals surface area contributed by atoms with Gasteiger partial charge in [0.2, 0.25) is 5.91 Å². The zero-order valence-corrected chi connectivity index (χ0v) is 21.2. The first-order chi connectivity index (χ1) is 17.4. The predicted octanol–water partition coefficient (Wildman–Crippen LogP) is 5.85. The first kappa shape index (κ1) is 23.8. The van der Waals surface area contributed by atoms with Crippen molar-refractivity contribution in [2.75, 3.05) is 26.5 Å². The summed E-state index contributed by atoms with van der Waals surface area (Å²) < 4.78 is 5.25. The number of amides is 1. The van der Waals surface area contributed by atoms with Crippen LogP contribution >= 0.6 is 0 Å². The maximum absolute atomic E-state index is 12.9. The lowest BCUT2D eigenvalue weighted by Crippen LogP contribution is -2.15. The van der Waals surface area contributed by atoms with E-state index in [-0.39, 0.29) is 17.7 Å². The van der Waals surface area contributed by atoms with E-state index in [4.69, 9.17) is 4.74 Å². The molecule has 184 valence electrons. The van der Waals surface area contributed by atoms with E-state index in [1.807, 2.05) is 31.2 Å². The highest BCUT2D eigenvalue weighted by Crippen LogP contribution is 2.48. The van der Waals surface area contributed by atoms with Gasteiger partial charge in [-0.15, -0.1) is 0 Å². The second kappa shape index (κ2) is 9.99. The highest BCUT2D eigenvalue weighted by molar-refractivity contribution is 5.96. The van der Waals surface area contributed by atoms with Crippen LogP contribution in [-0.4, -0.2) is 42.2 Å². The van der Waals surface area contributed by atoms with Crippen LogP contribution in [0, 0.1) is 12.8 Å². The van der Waals surface area contributed by atoms with E-state index in [0.29, 0.717) is 0 Å². The maximum Gasteiger partial charge on any atom is 0.228 e. The Morgan fingerprint density at radius 1 is 1.11 bits per heavy atom. The molecule has 6 heteroatoms. The minimum Gasteiger partial charge on any atom is -0.497 e. The van der Waals surface area contributed by atoms with E-state index in [0.717, 1.165) is 52.1 Å². The van der Waals surface area contributed by atoms with Crippen molar-refractivity contribution in [1.29, 1.82) is 0 Å². The number of hydrogen-bond acceptors (Lipinski definition) is 4. The standard InChI is InChI=1S/C30H32N4O2/c1-19-15-23(36-4)11-14-27(19)31-30(35)26-17-25(26)22-10-12-24-28(32-33-29(24)16-22)13-9-20-5-7-21(8-6-20)18-34(2)3/h5-16,25-26H,17-18H2,1-4H3,(H,31,35)(H,32,33)/b13-9+/t25-,26+/m0/s1. The van der Waals surface area contributed by atoms with Crippen molar-refractivity contribution >= 4 is 34.6 Å². The molecule has 0 aliphatic heterocycles. The molecule has 0 saturated heterocycles. The molecular formula is C30H32N4O2. The highest BCUT2D eigenvalue weighted by atomic mass is 16.5. The van der Waals surface area contributed by atoms with Gasteiger partial charge in [0.25, 0.3) is 0 Å². The van der Waals surface area contributed by atoms with E-state index in [2.05, 4.69) is 83.0 Å². The quantitative estimate of drug-likeness (QED) is 0.332. The number of aromatic amines is 1. The molecule has 36 heavy (non-hydrogen) atoms. The van der Waals surface area contributed by atoms with Crippen molar-refractivity contribution in [2.45, 2.75) is 25.8 Å². The van der Waals surface area contributed by atoms with Gasteiger partial charge in [-0.05, 0) is 86.0 Å². The van der Waals surface area contributed by atoms with E-state index in [9.17, 15) is 4.79 Å². The van der Waals surface area contributed by atoms with Gasteiger partial charge in [0.15, 0.2) is 0 Å². The Morgan fingerprint density at radius 3 is 2.64 bits per heavy atom. The molecule has 5 rings (SSSR count). The summed E-state index contributed by atoms with van der Waals surface area (Å²) in [4.78, 5) is 15.0. The summed E-state index contributed by atoms with van der Waals surface area (Å²) in [5, 5.41) is 11.8. The fourth-order valence-electron chi connectivity index (χ4n) is 4.67. The Labute approximate surface area is 212 Å². The molecule has 1 fully saturated rings. The number of aryl methyl sites for hydroxylation is 1. The molecule has 1 aliphatic carbocycles. The fourth-order valence-corrected chi connectivity index (χ4v) is 4.67. The number of carbonyl (C=O) groups excluding carboxylic acids is 1. The normalized spacial score (nSPS) is 17.1. The smallest absolute Gasteiger partial charge is 0.228 e. The van der Waals surface area contributed by atoms with Crippen LogP contribution in [0.4, 0.5) is 5.69 Å². The van der Waals surface area contributed by atoms with Gasteiger partial charge in [0.1, 0.15) is 5.75 Å². The second-order valence-electron chi connectivity index (χ2n) is 9.85. The third-order valence-corrected chi connectivity index (χ3v) is 6.78. The van der Waals surface area contributed by atoms with Gasteiger partial charge < -0.3 is 15.0 Å². The summed E-state index contributed by atoms with van der Waals surface area (Å²) in [5.41, 5.74) is 7.33. The minimum absolute atomic E-state index is 0.0123. The Morgan fingerprint density at radius 2 is 1.92 bits per heavy atom. The third kappa shape index (κ3) is 5.19. The second-order valence-corrected chi connectivity index (χ2v) is 9.85. The molecule has 0 spiro atoms. The number of nitrogens with one attached hydrogen (secondary N) is 2. The lowest BCUT2D eigenvalue weighted by molar-refractivity contribution is -0.117. The highest BCUT2D eigenvalue weighted by Gasteiger charge is 2.44. The van der Waals surface area contributed by atoms with Crippen molar-refractivity contribution in [3.63, 3.8) is 0 Å². The summed E-state index contributed by atoms with van der Waals surface area (Å²) in [7, 11) is 5.79. The lowest BCUT2D eigenvalue weighted by Gasteiger charge is -2.10. The zero-order chi connectivity index (χ0) is 25.2. The van der Waals surface area contributed by atoms with Gasteiger partial charge in [0, 0.05) is 23.5 Å². The Balaban J connectivity index is 1.24. The summed E-state index contributed by atoms with van der Waals surface area (Å²) in [5.74, 6) is 1.07. The maximum atomic E-state index is 12.9. The van der Waals surface area contributed by atoms with Crippen LogP contribution in [0.25, 0.3) is 23.1 Å². The SMILES string of the molecule is COc1ccc(NC(=O)[C@@H]2C[C@H]2c2ccc3c(/C=C/c4ccc(CN(C)C)cc4)n[nH]c3c2)c(C)c1. The summed E-state index contributed by atoms with van der Waals surface area (Å²) >= 11 is 0. The van der Waals surface area contributed by atoms with E-state index in [1.165, 1.54) is 11.1 Å². The molecule has 1 aliphatic rings. The zero-order valence-electron chi connectivity index (χ0n) is 21.2. The number of rotatable bonds is 8. The van der Waals surface area contributed by atoms with Crippen LogP contribution in [0.1, 0.15) is 40.3 Å². The molecule has 0 radical (unpaired) electrons. The molecule has 1 heterocycles. The molecule has 2 atom stereocenters. The van der Waals surface area contributed by atoms with Crippen LogP contribution in [-0.2, 0) is 11.3 Å². The van der Waals surface area contributed by atoms with Crippen molar-refractivity contribution in [3.05, 3.63) is 88.6 Å². The van der Waals surface area contributed by atoms with Gasteiger partial charge in [-0.25, -0.2) is 0 Å². The van der Waals surface area contributed by atoms with Gasteiger partial charge in [-0.1, -0.05) is 42.5 Å².